The van der Waals surface area contributed by atoms with E-state index in [4.69, 9.17) is 0 Å². The van der Waals surface area contributed by atoms with Gasteiger partial charge in [-0.25, -0.2) is 0 Å². The molecule has 1 atom stereocenters. The summed E-state index contributed by atoms with van der Waals surface area (Å²) in [5.41, 5.74) is 5.82. The summed E-state index contributed by atoms with van der Waals surface area (Å²) in [6.07, 6.45) is 1.73. The molecule has 0 saturated heterocycles. The second-order valence-corrected chi connectivity index (χ2v) is 7.50. The van der Waals surface area contributed by atoms with Crippen LogP contribution in [0.5, 0.6) is 0 Å². The number of carbonyl (C=O) groups excluding carboxylic acids is 1. The molecular weight excluding hydrogens is 344 g/mol. The van der Waals surface area contributed by atoms with E-state index in [1.807, 2.05) is 60.7 Å². The molecule has 2 N–H and O–H groups in total. The molecule has 28 heavy (non-hydrogen) atoms. The molecular formula is C25H22N2O. The van der Waals surface area contributed by atoms with Crippen LogP contribution < -0.4 is 5.32 Å². The number of amides is 1. The average molecular weight is 366 g/mol. The second kappa shape index (κ2) is 7.01. The quantitative estimate of drug-likeness (QED) is 0.545. The maximum absolute atomic E-state index is 13.3. The van der Waals surface area contributed by atoms with Gasteiger partial charge < -0.3 is 10.3 Å². The highest BCUT2D eigenvalue weighted by Gasteiger charge is 2.30. The van der Waals surface area contributed by atoms with Crippen LogP contribution in [-0.2, 0) is 17.6 Å². The summed E-state index contributed by atoms with van der Waals surface area (Å²) in [4.78, 5) is 16.8. The molecule has 1 unspecified atom stereocenters. The lowest BCUT2D eigenvalue weighted by Crippen LogP contribution is -2.39. The molecule has 138 valence electrons. The number of carbonyl (C=O) groups is 1. The molecule has 4 aromatic rings. The smallest absolute Gasteiger partial charge is 0.232 e. The van der Waals surface area contributed by atoms with Crippen molar-refractivity contribution in [2.45, 2.75) is 24.8 Å². The number of rotatable bonds is 4. The number of hydrogen-bond donors (Lipinski definition) is 2. The van der Waals surface area contributed by atoms with Crippen molar-refractivity contribution >= 4 is 16.8 Å². The zero-order valence-corrected chi connectivity index (χ0v) is 15.6. The first kappa shape index (κ1) is 16.8. The van der Waals surface area contributed by atoms with Crippen molar-refractivity contribution in [3.63, 3.8) is 0 Å². The van der Waals surface area contributed by atoms with Gasteiger partial charge in [0.2, 0.25) is 5.91 Å². The number of benzene rings is 3. The number of nitrogens with one attached hydrogen (secondary N) is 2. The first-order valence-corrected chi connectivity index (χ1v) is 9.78. The number of hydrogen-bond acceptors (Lipinski definition) is 1. The molecule has 1 aliphatic carbocycles. The lowest BCUT2D eigenvalue weighted by Gasteiger charge is -2.21. The second-order valence-electron chi connectivity index (χ2n) is 7.50. The zero-order chi connectivity index (χ0) is 18.9. The standard InChI is InChI=1S/C25H22N2O/c28-25(24(17-9-3-1-4-10-17)18-11-5-2-6-12-18)26-19-15-21-20-13-7-8-14-22(20)27-23(21)16-19/h1-14,19,24,27H,15-16H2,(H,26,28). The number of aromatic nitrogens is 1. The Morgan fingerprint density at radius 2 is 1.43 bits per heavy atom. The van der Waals surface area contributed by atoms with Gasteiger partial charge in [-0.3, -0.25) is 4.79 Å². The van der Waals surface area contributed by atoms with Gasteiger partial charge in [0, 0.05) is 29.1 Å². The molecule has 3 nitrogen and oxygen atoms in total. The van der Waals surface area contributed by atoms with Crippen LogP contribution in [-0.4, -0.2) is 16.9 Å². The van der Waals surface area contributed by atoms with Crippen molar-refractivity contribution in [3.05, 3.63) is 107 Å². The molecule has 0 fully saturated rings. The van der Waals surface area contributed by atoms with E-state index in [0.717, 1.165) is 24.0 Å². The first-order valence-electron chi connectivity index (χ1n) is 9.78. The Balaban J connectivity index is 1.40. The fourth-order valence-electron chi connectivity index (χ4n) is 4.40. The highest BCUT2D eigenvalue weighted by Crippen LogP contribution is 2.31. The number of para-hydroxylation sites is 1. The minimum atomic E-state index is -0.293. The van der Waals surface area contributed by atoms with E-state index in [-0.39, 0.29) is 17.9 Å². The monoisotopic (exact) mass is 366 g/mol. The van der Waals surface area contributed by atoms with Crippen LogP contribution in [0.4, 0.5) is 0 Å². The van der Waals surface area contributed by atoms with E-state index >= 15 is 0 Å². The SMILES string of the molecule is O=C(NC1Cc2[nH]c3ccccc3c2C1)C(c1ccccc1)c1ccccc1. The van der Waals surface area contributed by atoms with Gasteiger partial charge in [0.1, 0.15) is 0 Å². The van der Waals surface area contributed by atoms with Gasteiger partial charge >= 0.3 is 0 Å². The largest absolute Gasteiger partial charge is 0.358 e. The fourth-order valence-corrected chi connectivity index (χ4v) is 4.40. The Bertz CT molecular complexity index is 1080. The molecule has 0 radical (unpaired) electrons. The van der Waals surface area contributed by atoms with Gasteiger partial charge in [-0.05, 0) is 29.2 Å². The summed E-state index contributed by atoms with van der Waals surface area (Å²) in [6, 6.07) is 28.6. The van der Waals surface area contributed by atoms with E-state index in [2.05, 4.69) is 34.6 Å². The molecule has 0 aliphatic heterocycles. The topological polar surface area (TPSA) is 44.9 Å². The van der Waals surface area contributed by atoms with Crippen molar-refractivity contribution in [3.8, 4) is 0 Å². The summed E-state index contributed by atoms with van der Waals surface area (Å²) >= 11 is 0. The van der Waals surface area contributed by atoms with Crippen molar-refractivity contribution < 1.29 is 4.79 Å². The molecule has 3 heteroatoms. The Morgan fingerprint density at radius 3 is 2.11 bits per heavy atom. The van der Waals surface area contributed by atoms with Gasteiger partial charge in [0.05, 0.1) is 5.92 Å². The normalized spacial score (nSPS) is 15.7. The first-order chi connectivity index (χ1) is 13.8. The Labute approximate surface area is 164 Å². The molecule has 1 amide bonds. The molecule has 1 aliphatic rings. The lowest BCUT2D eigenvalue weighted by atomic mass is 9.90. The van der Waals surface area contributed by atoms with Crippen molar-refractivity contribution in [2.75, 3.05) is 0 Å². The summed E-state index contributed by atoms with van der Waals surface area (Å²) in [5, 5.41) is 4.59. The van der Waals surface area contributed by atoms with Gasteiger partial charge in [-0.15, -0.1) is 0 Å². The molecule has 1 aromatic heterocycles. The van der Waals surface area contributed by atoms with Crippen LogP contribution in [0.25, 0.3) is 10.9 Å². The van der Waals surface area contributed by atoms with E-state index < -0.39 is 0 Å². The number of H-pyrrole nitrogens is 1. The van der Waals surface area contributed by atoms with Gasteiger partial charge in [-0.1, -0.05) is 78.9 Å². The van der Waals surface area contributed by atoms with Gasteiger partial charge in [0.15, 0.2) is 0 Å². The van der Waals surface area contributed by atoms with Gasteiger partial charge in [-0.2, -0.15) is 0 Å². The third-order valence-electron chi connectivity index (χ3n) is 5.68. The molecule has 1 heterocycles. The van der Waals surface area contributed by atoms with Crippen LogP contribution in [0.1, 0.15) is 28.3 Å². The van der Waals surface area contributed by atoms with Crippen LogP contribution in [0, 0.1) is 0 Å². The maximum Gasteiger partial charge on any atom is 0.232 e. The van der Waals surface area contributed by atoms with Crippen LogP contribution in [0.2, 0.25) is 0 Å². The number of aromatic amines is 1. The summed E-state index contributed by atoms with van der Waals surface area (Å²) in [7, 11) is 0. The van der Waals surface area contributed by atoms with E-state index in [9.17, 15) is 4.79 Å². The highest BCUT2D eigenvalue weighted by molar-refractivity contribution is 5.88. The predicted octanol–water partition coefficient (Wildman–Crippen LogP) is 4.58. The van der Waals surface area contributed by atoms with E-state index in [0.29, 0.717) is 0 Å². The van der Waals surface area contributed by atoms with Crippen molar-refractivity contribution in [1.82, 2.24) is 10.3 Å². The molecule has 0 bridgehead atoms. The molecule has 3 aromatic carbocycles. The average Bonchev–Trinajstić information content (AvgIpc) is 3.27. The van der Waals surface area contributed by atoms with Gasteiger partial charge in [0.25, 0.3) is 0 Å². The third kappa shape index (κ3) is 2.99. The Morgan fingerprint density at radius 1 is 0.821 bits per heavy atom. The van der Waals surface area contributed by atoms with E-state index in [1.165, 1.54) is 22.2 Å². The number of fused-ring (bicyclic) bond motifs is 3. The molecule has 5 rings (SSSR count). The van der Waals surface area contributed by atoms with Crippen LogP contribution in [0.3, 0.4) is 0 Å². The highest BCUT2D eigenvalue weighted by atomic mass is 16.1. The molecule has 0 saturated carbocycles. The minimum absolute atomic E-state index is 0.0665. The minimum Gasteiger partial charge on any atom is -0.358 e. The Kier molecular flexibility index (Phi) is 4.21. The zero-order valence-electron chi connectivity index (χ0n) is 15.6. The lowest BCUT2D eigenvalue weighted by molar-refractivity contribution is -0.122. The summed E-state index contributed by atoms with van der Waals surface area (Å²) < 4.78 is 0. The molecule has 0 spiro atoms. The summed E-state index contributed by atoms with van der Waals surface area (Å²) in [6.45, 7) is 0. The Hall–Kier alpha value is -3.33. The van der Waals surface area contributed by atoms with Crippen molar-refractivity contribution in [1.29, 1.82) is 0 Å². The van der Waals surface area contributed by atoms with Crippen LogP contribution >= 0.6 is 0 Å². The van der Waals surface area contributed by atoms with Crippen LogP contribution in [0.15, 0.2) is 84.9 Å². The fraction of sp³-hybridized carbons (Fsp3) is 0.160. The maximum atomic E-state index is 13.3. The summed E-state index contributed by atoms with van der Waals surface area (Å²) in [5.74, 6) is -0.227. The predicted molar refractivity (Wildman–Crippen MR) is 112 cm³/mol. The van der Waals surface area contributed by atoms with E-state index in [1.54, 1.807) is 0 Å². The third-order valence-corrected chi connectivity index (χ3v) is 5.68. The van der Waals surface area contributed by atoms with Crippen molar-refractivity contribution in [2.24, 2.45) is 0 Å².